The van der Waals surface area contributed by atoms with Gasteiger partial charge in [-0.25, -0.2) is 0 Å². The number of carbonyl (C=O) groups excluding carboxylic acids is 1. The number of nitrogens with one attached hydrogen (secondary N) is 1. The lowest BCUT2D eigenvalue weighted by Gasteiger charge is -2.39. The summed E-state index contributed by atoms with van der Waals surface area (Å²) in [6.07, 6.45) is 3.47. The molecule has 0 spiro atoms. The standard InChI is InChI=1S/C12H21NO2S/c1-12(11(14)15-2)7-9(3-5-13-12)10-4-6-16-8-10/h9-10,13H,3-8H2,1-2H3. The fourth-order valence-corrected chi connectivity index (χ4v) is 4.32. The van der Waals surface area contributed by atoms with Crippen molar-refractivity contribution in [2.75, 3.05) is 25.2 Å². The van der Waals surface area contributed by atoms with Crippen LogP contribution < -0.4 is 5.32 Å². The van der Waals surface area contributed by atoms with Crippen LogP contribution in [0.1, 0.15) is 26.2 Å². The van der Waals surface area contributed by atoms with Crippen LogP contribution in [0.15, 0.2) is 0 Å². The van der Waals surface area contributed by atoms with E-state index in [0.29, 0.717) is 5.92 Å². The molecule has 0 aromatic rings. The first-order valence-corrected chi connectivity index (χ1v) is 7.22. The lowest BCUT2D eigenvalue weighted by molar-refractivity contribution is -0.149. The Morgan fingerprint density at radius 2 is 2.25 bits per heavy atom. The van der Waals surface area contributed by atoms with Gasteiger partial charge in [-0.1, -0.05) is 0 Å². The van der Waals surface area contributed by atoms with Crippen molar-refractivity contribution in [1.29, 1.82) is 0 Å². The normalized spacial score (nSPS) is 39.6. The fourth-order valence-electron chi connectivity index (χ4n) is 2.94. The molecule has 2 saturated heterocycles. The molecule has 0 bridgehead atoms. The van der Waals surface area contributed by atoms with E-state index in [-0.39, 0.29) is 5.97 Å². The number of piperidine rings is 1. The smallest absolute Gasteiger partial charge is 0.325 e. The SMILES string of the molecule is COC(=O)C1(C)CC(C2CCSC2)CCN1. The van der Waals surface area contributed by atoms with Gasteiger partial charge in [-0.15, -0.1) is 0 Å². The second-order valence-corrected chi connectivity index (χ2v) is 6.28. The molecule has 0 aromatic heterocycles. The van der Waals surface area contributed by atoms with Gasteiger partial charge < -0.3 is 10.1 Å². The maximum Gasteiger partial charge on any atom is 0.325 e. The summed E-state index contributed by atoms with van der Waals surface area (Å²) < 4.78 is 4.90. The van der Waals surface area contributed by atoms with Crippen LogP contribution in [-0.4, -0.2) is 36.7 Å². The van der Waals surface area contributed by atoms with E-state index in [1.165, 1.54) is 31.5 Å². The van der Waals surface area contributed by atoms with Gasteiger partial charge >= 0.3 is 5.97 Å². The molecule has 0 radical (unpaired) electrons. The molecule has 92 valence electrons. The first-order valence-electron chi connectivity index (χ1n) is 6.07. The van der Waals surface area contributed by atoms with E-state index in [1.54, 1.807) is 0 Å². The van der Waals surface area contributed by atoms with Gasteiger partial charge in [0, 0.05) is 0 Å². The molecule has 2 aliphatic rings. The Balaban J connectivity index is 2.00. The Bertz CT molecular complexity index is 266. The third-order valence-electron chi connectivity index (χ3n) is 3.97. The lowest BCUT2D eigenvalue weighted by atomic mass is 9.76. The van der Waals surface area contributed by atoms with Crippen LogP contribution in [0.3, 0.4) is 0 Å². The Hall–Kier alpha value is -0.220. The fraction of sp³-hybridized carbons (Fsp3) is 0.917. The van der Waals surface area contributed by atoms with Gasteiger partial charge in [0.1, 0.15) is 5.54 Å². The van der Waals surface area contributed by atoms with Crippen molar-refractivity contribution in [3.05, 3.63) is 0 Å². The highest BCUT2D eigenvalue weighted by molar-refractivity contribution is 7.99. The number of ether oxygens (including phenoxy) is 1. The number of hydrogen-bond acceptors (Lipinski definition) is 4. The van der Waals surface area contributed by atoms with E-state index in [0.717, 1.165) is 18.9 Å². The first-order chi connectivity index (χ1) is 7.65. The lowest BCUT2D eigenvalue weighted by Crippen LogP contribution is -2.55. The Morgan fingerprint density at radius 3 is 2.88 bits per heavy atom. The molecule has 4 heteroatoms. The van der Waals surface area contributed by atoms with Crippen LogP contribution in [0, 0.1) is 11.8 Å². The van der Waals surface area contributed by atoms with Gasteiger partial charge in [0.05, 0.1) is 7.11 Å². The van der Waals surface area contributed by atoms with Crippen molar-refractivity contribution in [1.82, 2.24) is 5.32 Å². The van der Waals surface area contributed by atoms with Crippen LogP contribution in [-0.2, 0) is 9.53 Å². The van der Waals surface area contributed by atoms with E-state index in [9.17, 15) is 4.79 Å². The molecule has 2 aliphatic heterocycles. The second-order valence-electron chi connectivity index (χ2n) is 5.13. The zero-order valence-corrected chi connectivity index (χ0v) is 10.9. The number of hydrogen-bond donors (Lipinski definition) is 1. The molecule has 2 heterocycles. The molecule has 2 fully saturated rings. The molecule has 0 aliphatic carbocycles. The van der Waals surface area contributed by atoms with Gasteiger partial charge in [-0.05, 0) is 56.1 Å². The van der Waals surface area contributed by atoms with Crippen LogP contribution in [0.5, 0.6) is 0 Å². The summed E-state index contributed by atoms with van der Waals surface area (Å²) in [7, 11) is 1.48. The predicted octanol–water partition coefficient (Wildman–Crippen LogP) is 1.67. The van der Waals surface area contributed by atoms with Crippen LogP contribution >= 0.6 is 11.8 Å². The maximum absolute atomic E-state index is 11.8. The molecular weight excluding hydrogens is 222 g/mol. The summed E-state index contributed by atoms with van der Waals surface area (Å²) in [6, 6.07) is 0. The molecular formula is C12H21NO2S. The molecule has 16 heavy (non-hydrogen) atoms. The van der Waals surface area contributed by atoms with Crippen molar-refractivity contribution < 1.29 is 9.53 Å². The average Bonchev–Trinajstić information content (AvgIpc) is 2.81. The summed E-state index contributed by atoms with van der Waals surface area (Å²) in [6.45, 7) is 2.92. The minimum absolute atomic E-state index is 0.108. The Kier molecular flexibility index (Phi) is 3.80. The monoisotopic (exact) mass is 243 g/mol. The van der Waals surface area contributed by atoms with Crippen molar-refractivity contribution in [2.24, 2.45) is 11.8 Å². The largest absolute Gasteiger partial charge is 0.468 e. The van der Waals surface area contributed by atoms with E-state index in [2.05, 4.69) is 17.1 Å². The van der Waals surface area contributed by atoms with Gasteiger partial charge in [0.2, 0.25) is 0 Å². The van der Waals surface area contributed by atoms with E-state index in [4.69, 9.17) is 4.74 Å². The summed E-state index contributed by atoms with van der Waals surface area (Å²) >= 11 is 2.05. The van der Waals surface area contributed by atoms with Crippen LogP contribution in [0.2, 0.25) is 0 Å². The molecule has 2 rings (SSSR count). The Morgan fingerprint density at radius 1 is 1.44 bits per heavy atom. The van der Waals surface area contributed by atoms with Crippen LogP contribution in [0.25, 0.3) is 0 Å². The van der Waals surface area contributed by atoms with Crippen molar-refractivity contribution in [3.63, 3.8) is 0 Å². The highest BCUT2D eigenvalue weighted by atomic mass is 32.2. The van der Waals surface area contributed by atoms with Gasteiger partial charge in [0.15, 0.2) is 0 Å². The number of thioether (sulfide) groups is 1. The van der Waals surface area contributed by atoms with Gasteiger partial charge in [-0.3, -0.25) is 4.79 Å². The summed E-state index contributed by atoms with van der Waals surface area (Å²) in [4.78, 5) is 11.8. The summed E-state index contributed by atoms with van der Waals surface area (Å²) in [5.74, 6) is 3.98. The van der Waals surface area contributed by atoms with Gasteiger partial charge in [-0.2, -0.15) is 11.8 Å². The van der Waals surface area contributed by atoms with Crippen LogP contribution in [0.4, 0.5) is 0 Å². The number of methoxy groups -OCH3 is 1. The van der Waals surface area contributed by atoms with E-state index >= 15 is 0 Å². The molecule has 3 atom stereocenters. The first kappa shape index (κ1) is 12.2. The maximum atomic E-state index is 11.8. The molecule has 1 N–H and O–H groups in total. The minimum atomic E-state index is -0.453. The third-order valence-corrected chi connectivity index (χ3v) is 5.16. The number of esters is 1. The quantitative estimate of drug-likeness (QED) is 0.749. The molecule has 0 aromatic carbocycles. The van der Waals surface area contributed by atoms with Gasteiger partial charge in [0.25, 0.3) is 0 Å². The predicted molar refractivity (Wildman–Crippen MR) is 66.6 cm³/mol. The van der Waals surface area contributed by atoms with Crippen molar-refractivity contribution in [3.8, 4) is 0 Å². The molecule has 0 saturated carbocycles. The van der Waals surface area contributed by atoms with E-state index in [1.807, 2.05) is 6.92 Å². The molecule has 0 amide bonds. The number of carbonyl (C=O) groups is 1. The number of rotatable bonds is 2. The summed E-state index contributed by atoms with van der Waals surface area (Å²) in [5.41, 5.74) is -0.453. The summed E-state index contributed by atoms with van der Waals surface area (Å²) in [5, 5.41) is 3.32. The zero-order valence-electron chi connectivity index (χ0n) is 10.1. The molecule has 3 nitrogen and oxygen atoms in total. The zero-order chi connectivity index (χ0) is 11.6. The van der Waals surface area contributed by atoms with E-state index < -0.39 is 5.54 Å². The van der Waals surface area contributed by atoms with Crippen molar-refractivity contribution in [2.45, 2.75) is 31.7 Å². The highest BCUT2D eigenvalue weighted by Crippen LogP contribution is 2.38. The molecule has 3 unspecified atom stereocenters. The van der Waals surface area contributed by atoms with Crippen molar-refractivity contribution >= 4 is 17.7 Å². The second kappa shape index (κ2) is 4.96. The Labute approximate surface area is 102 Å². The average molecular weight is 243 g/mol. The topological polar surface area (TPSA) is 38.3 Å². The third kappa shape index (κ3) is 2.38. The minimum Gasteiger partial charge on any atom is -0.468 e. The highest BCUT2D eigenvalue weighted by Gasteiger charge is 2.41.